The molecule has 1 aliphatic rings. The Balaban J connectivity index is 0.000000723. The lowest BCUT2D eigenvalue weighted by Crippen LogP contribution is -2.41. The predicted molar refractivity (Wildman–Crippen MR) is 180 cm³/mol. The molecule has 1 aliphatic heterocycles. The molecule has 4 N–H and O–H groups in total. The van der Waals surface area contributed by atoms with Gasteiger partial charge in [-0.25, -0.2) is 24.5 Å². The summed E-state index contributed by atoms with van der Waals surface area (Å²) < 4.78 is 10.4. The average molecular weight is 698 g/mol. The van der Waals surface area contributed by atoms with Crippen molar-refractivity contribution >= 4 is 47.2 Å². The summed E-state index contributed by atoms with van der Waals surface area (Å²) in [5.41, 5.74) is 1.15. The summed E-state index contributed by atoms with van der Waals surface area (Å²) in [4.78, 5) is 64.8. The van der Waals surface area contributed by atoms with Gasteiger partial charge in [-0.2, -0.15) is 4.98 Å². The number of ether oxygens (including phenoxy) is 2. The molecular formula is C33H40ClN7O8. The van der Waals surface area contributed by atoms with Gasteiger partial charge in [-0.1, -0.05) is 37.4 Å². The van der Waals surface area contributed by atoms with Gasteiger partial charge >= 0.3 is 17.9 Å². The van der Waals surface area contributed by atoms with Gasteiger partial charge in [0, 0.05) is 49.9 Å². The number of unbranched alkanes of at least 4 members (excludes halogenated alkanes) is 1. The molecular weight excluding hydrogens is 658 g/mol. The van der Waals surface area contributed by atoms with E-state index in [1.165, 1.54) is 13.3 Å². The van der Waals surface area contributed by atoms with Crippen LogP contribution in [-0.2, 0) is 32.2 Å². The number of carboxylic acids is 2. The summed E-state index contributed by atoms with van der Waals surface area (Å²) in [5, 5.41) is 22.2. The molecule has 1 amide bonds. The number of aliphatic carboxylic acids is 2. The van der Waals surface area contributed by atoms with Crippen molar-refractivity contribution in [2.75, 3.05) is 31.0 Å². The maximum absolute atomic E-state index is 13.2. The lowest BCUT2D eigenvalue weighted by Gasteiger charge is -2.30. The Kier molecular flexibility index (Phi) is 15.2. The number of carbonyl (C=O) groups excluding carboxylic acids is 2. The van der Waals surface area contributed by atoms with Crippen molar-refractivity contribution < 1.29 is 38.9 Å². The van der Waals surface area contributed by atoms with Gasteiger partial charge < -0.3 is 35.2 Å². The Morgan fingerprint density at radius 3 is 2.41 bits per heavy atom. The molecule has 0 bridgehead atoms. The highest BCUT2D eigenvalue weighted by Crippen LogP contribution is 2.32. The molecule has 0 radical (unpaired) electrons. The summed E-state index contributed by atoms with van der Waals surface area (Å²) in [6, 6.07) is 7.10. The van der Waals surface area contributed by atoms with E-state index >= 15 is 0 Å². The minimum absolute atomic E-state index is 0.0860. The molecule has 1 aromatic carbocycles. The molecule has 1 fully saturated rings. The minimum Gasteiger partial charge on any atom is -0.495 e. The van der Waals surface area contributed by atoms with Gasteiger partial charge in [0.05, 0.1) is 31.7 Å². The smallest absolute Gasteiger partial charge is 0.328 e. The molecule has 15 nitrogen and oxygen atoms in total. The third-order valence-electron chi connectivity index (χ3n) is 7.48. The minimum atomic E-state index is -1.26. The van der Waals surface area contributed by atoms with E-state index in [-0.39, 0.29) is 35.9 Å². The molecule has 0 spiro atoms. The zero-order valence-corrected chi connectivity index (χ0v) is 28.2. The Hall–Kier alpha value is -5.31. The number of carboxylic acid groups (broad SMARTS) is 2. The lowest BCUT2D eigenvalue weighted by atomic mass is 9.92. The van der Waals surface area contributed by atoms with Crippen LogP contribution in [0.25, 0.3) is 0 Å². The van der Waals surface area contributed by atoms with Crippen LogP contribution in [0.4, 0.5) is 11.8 Å². The van der Waals surface area contributed by atoms with Crippen LogP contribution >= 0.6 is 11.6 Å². The second kappa shape index (κ2) is 19.5. The number of carbonyl (C=O) groups is 4. The van der Waals surface area contributed by atoms with Crippen LogP contribution in [0.1, 0.15) is 60.8 Å². The van der Waals surface area contributed by atoms with Gasteiger partial charge in [0.2, 0.25) is 5.95 Å². The monoisotopic (exact) mass is 697 g/mol. The highest BCUT2D eigenvalue weighted by Gasteiger charge is 2.38. The maximum Gasteiger partial charge on any atom is 0.328 e. The van der Waals surface area contributed by atoms with E-state index in [0.717, 1.165) is 37.7 Å². The first-order valence-electron chi connectivity index (χ1n) is 15.5. The number of aromatic nitrogens is 4. The van der Waals surface area contributed by atoms with Crippen LogP contribution in [0.15, 0.2) is 55.0 Å². The van der Waals surface area contributed by atoms with Gasteiger partial charge in [-0.15, -0.1) is 0 Å². The fourth-order valence-electron chi connectivity index (χ4n) is 5.14. The predicted octanol–water partition coefficient (Wildman–Crippen LogP) is 4.13. The van der Waals surface area contributed by atoms with E-state index in [1.807, 2.05) is 6.07 Å². The molecule has 16 heteroatoms. The van der Waals surface area contributed by atoms with Gasteiger partial charge in [0.1, 0.15) is 23.0 Å². The van der Waals surface area contributed by atoms with E-state index in [4.69, 9.17) is 36.3 Å². The number of esters is 1. The summed E-state index contributed by atoms with van der Waals surface area (Å²) in [7, 11) is 2.99. The highest BCUT2D eigenvalue weighted by atomic mass is 35.5. The number of amides is 1. The molecule has 0 saturated carbocycles. The van der Waals surface area contributed by atoms with Crippen molar-refractivity contribution in [3.05, 3.63) is 77.0 Å². The lowest BCUT2D eigenvalue weighted by molar-refractivity contribution is -0.146. The zero-order valence-electron chi connectivity index (χ0n) is 27.5. The first kappa shape index (κ1) is 38.1. The van der Waals surface area contributed by atoms with E-state index in [0.29, 0.717) is 53.6 Å². The molecule has 0 aliphatic carbocycles. The summed E-state index contributed by atoms with van der Waals surface area (Å²) in [5.74, 6) is -1.50. The Morgan fingerprint density at radius 1 is 1.08 bits per heavy atom. The number of hydrogen-bond donors (Lipinski definition) is 4. The summed E-state index contributed by atoms with van der Waals surface area (Å²) in [6.45, 7) is 3.31. The third-order valence-corrected chi connectivity index (χ3v) is 7.78. The molecule has 3 aromatic rings. The van der Waals surface area contributed by atoms with Crippen molar-refractivity contribution in [3.63, 3.8) is 0 Å². The van der Waals surface area contributed by atoms with Crippen LogP contribution in [0.5, 0.6) is 5.75 Å². The van der Waals surface area contributed by atoms with E-state index in [2.05, 4.69) is 37.4 Å². The summed E-state index contributed by atoms with van der Waals surface area (Å²) in [6.07, 6.45) is 10.2. The molecule has 3 heterocycles. The number of anilines is 2. The fourth-order valence-corrected chi connectivity index (χ4v) is 5.42. The SMILES string of the molecule is CCCCC(C(=O)OC)C1CCCN1c1ncc(C(=O)NCc2ncccn2)c(NCc2ccc(OC)c(Cl)c2)n1.O=C(O)/C=C/C(=O)O. The van der Waals surface area contributed by atoms with Crippen molar-refractivity contribution in [2.24, 2.45) is 5.92 Å². The molecule has 4 rings (SSSR count). The van der Waals surface area contributed by atoms with Crippen LogP contribution < -0.4 is 20.3 Å². The topological polar surface area (TPSA) is 206 Å². The quantitative estimate of drug-likeness (QED) is 0.130. The second-order valence-electron chi connectivity index (χ2n) is 10.8. The zero-order chi connectivity index (χ0) is 35.8. The molecule has 1 saturated heterocycles. The normalized spacial score (nSPS) is 14.4. The van der Waals surface area contributed by atoms with Crippen molar-refractivity contribution in [1.82, 2.24) is 25.3 Å². The first-order valence-corrected chi connectivity index (χ1v) is 15.9. The number of hydrogen-bond acceptors (Lipinski definition) is 12. The van der Waals surface area contributed by atoms with Crippen molar-refractivity contribution in [2.45, 2.75) is 58.2 Å². The Labute approximate surface area is 288 Å². The number of methoxy groups -OCH3 is 2. The van der Waals surface area contributed by atoms with E-state index < -0.39 is 11.9 Å². The van der Waals surface area contributed by atoms with Gasteiger partial charge in [0.25, 0.3) is 5.91 Å². The van der Waals surface area contributed by atoms with Crippen molar-refractivity contribution in [3.8, 4) is 5.75 Å². The van der Waals surface area contributed by atoms with Gasteiger partial charge in [-0.3, -0.25) is 9.59 Å². The molecule has 2 aromatic heterocycles. The number of nitrogens with one attached hydrogen (secondary N) is 2. The standard InChI is InChI=1S/C29H36ClN7O4.C4H4O4/c1-4-5-8-20(28(39)41-3)23-9-6-14-37(23)29-35-17-21(27(38)34-18-25-31-12-7-13-32-25)26(36-29)33-16-19-10-11-24(40-2)22(30)15-19;5-3(6)1-2-4(7)8/h7,10-13,15,17,20,23H,4-6,8-9,14,16,18H2,1-3H3,(H,34,38)(H,33,35,36);1-2H,(H,5,6)(H,7,8)/b;2-1+. The molecule has 49 heavy (non-hydrogen) atoms. The fraction of sp³-hybridized carbons (Fsp3) is 0.394. The molecule has 262 valence electrons. The van der Waals surface area contributed by atoms with Crippen LogP contribution in [0.3, 0.4) is 0 Å². The largest absolute Gasteiger partial charge is 0.495 e. The third kappa shape index (κ3) is 11.7. The number of halogens is 1. The molecule has 2 atom stereocenters. The number of nitrogens with zero attached hydrogens (tertiary/aromatic N) is 5. The Morgan fingerprint density at radius 2 is 1.80 bits per heavy atom. The van der Waals surface area contributed by atoms with Gasteiger partial charge in [-0.05, 0) is 43.0 Å². The van der Waals surface area contributed by atoms with Gasteiger partial charge in [0.15, 0.2) is 0 Å². The highest BCUT2D eigenvalue weighted by molar-refractivity contribution is 6.32. The Bertz CT molecular complexity index is 1590. The maximum atomic E-state index is 13.2. The second-order valence-corrected chi connectivity index (χ2v) is 11.2. The number of benzene rings is 1. The van der Waals surface area contributed by atoms with Crippen LogP contribution in [0.2, 0.25) is 5.02 Å². The molecule has 2 unspecified atom stereocenters. The van der Waals surface area contributed by atoms with E-state index in [9.17, 15) is 19.2 Å². The average Bonchev–Trinajstić information content (AvgIpc) is 3.59. The first-order chi connectivity index (χ1) is 23.6. The van der Waals surface area contributed by atoms with Crippen molar-refractivity contribution in [1.29, 1.82) is 0 Å². The van der Waals surface area contributed by atoms with Crippen LogP contribution in [0, 0.1) is 5.92 Å². The summed E-state index contributed by atoms with van der Waals surface area (Å²) >= 11 is 6.32. The van der Waals surface area contributed by atoms with E-state index in [1.54, 1.807) is 37.7 Å². The number of rotatable bonds is 15. The van der Waals surface area contributed by atoms with Crippen LogP contribution in [-0.4, -0.2) is 80.8 Å².